The van der Waals surface area contributed by atoms with Gasteiger partial charge < -0.3 is 14.2 Å². The van der Waals surface area contributed by atoms with Gasteiger partial charge >= 0.3 is 0 Å². The van der Waals surface area contributed by atoms with Crippen LogP contribution in [0.4, 0.5) is 0 Å². The predicted octanol–water partition coefficient (Wildman–Crippen LogP) is 6.24. The van der Waals surface area contributed by atoms with Crippen LogP contribution in [0.5, 0.6) is 5.75 Å². The molecule has 0 aromatic heterocycles. The van der Waals surface area contributed by atoms with E-state index in [-0.39, 0.29) is 18.3 Å². The van der Waals surface area contributed by atoms with Gasteiger partial charge in [0.1, 0.15) is 5.75 Å². The van der Waals surface area contributed by atoms with E-state index in [0.717, 1.165) is 57.5 Å². The molecule has 0 bridgehead atoms. The van der Waals surface area contributed by atoms with Crippen molar-refractivity contribution in [3.8, 4) is 5.75 Å². The van der Waals surface area contributed by atoms with Gasteiger partial charge in [-0.15, -0.1) is 0 Å². The van der Waals surface area contributed by atoms with Gasteiger partial charge in [0.05, 0.1) is 18.3 Å². The molecule has 1 aromatic carbocycles. The zero-order chi connectivity index (χ0) is 19.4. The van der Waals surface area contributed by atoms with Crippen LogP contribution >= 0.6 is 0 Å². The maximum absolute atomic E-state index is 6.25. The fourth-order valence-corrected chi connectivity index (χ4v) is 3.00. The van der Waals surface area contributed by atoms with Crippen molar-refractivity contribution in [2.24, 2.45) is 0 Å². The van der Waals surface area contributed by atoms with Gasteiger partial charge in [-0.2, -0.15) is 0 Å². The van der Waals surface area contributed by atoms with Crippen LogP contribution in [-0.2, 0) is 9.47 Å². The molecule has 3 heteroatoms. The van der Waals surface area contributed by atoms with Crippen molar-refractivity contribution >= 4 is 0 Å². The maximum Gasteiger partial charge on any atom is 0.122 e. The van der Waals surface area contributed by atoms with E-state index in [2.05, 4.69) is 59.7 Å². The molecule has 3 nitrogen and oxygen atoms in total. The van der Waals surface area contributed by atoms with E-state index in [0.29, 0.717) is 0 Å². The molecule has 0 radical (unpaired) electrons. The highest BCUT2D eigenvalue weighted by atomic mass is 16.5. The largest absolute Gasteiger partial charge is 0.490 e. The summed E-state index contributed by atoms with van der Waals surface area (Å²) < 4.78 is 18.6. The molecular weight excluding hydrogens is 324 g/mol. The van der Waals surface area contributed by atoms with Crippen LogP contribution in [0.2, 0.25) is 0 Å². The van der Waals surface area contributed by atoms with E-state index in [9.17, 15) is 0 Å². The van der Waals surface area contributed by atoms with Gasteiger partial charge in [0.25, 0.3) is 0 Å². The van der Waals surface area contributed by atoms with Crippen molar-refractivity contribution in [2.45, 2.75) is 98.4 Å². The van der Waals surface area contributed by atoms with Crippen LogP contribution in [-0.4, -0.2) is 31.5 Å². The summed E-state index contributed by atoms with van der Waals surface area (Å²) in [6.45, 7) is 14.5. The van der Waals surface area contributed by atoms with Crippen molar-refractivity contribution in [3.63, 3.8) is 0 Å². The quantitative estimate of drug-likeness (QED) is 0.366. The molecule has 0 saturated heterocycles. The molecule has 0 saturated carbocycles. The van der Waals surface area contributed by atoms with Gasteiger partial charge in [-0.3, -0.25) is 0 Å². The molecule has 0 aliphatic rings. The topological polar surface area (TPSA) is 27.7 Å². The zero-order valence-corrected chi connectivity index (χ0v) is 17.8. The number of hydrogen-bond donors (Lipinski definition) is 0. The third kappa shape index (κ3) is 8.55. The highest BCUT2D eigenvalue weighted by molar-refractivity contribution is 5.36. The zero-order valence-electron chi connectivity index (χ0n) is 17.8. The molecule has 0 aliphatic carbocycles. The summed E-state index contributed by atoms with van der Waals surface area (Å²) in [5.41, 5.74) is 2.40. The van der Waals surface area contributed by atoms with Crippen molar-refractivity contribution in [3.05, 3.63) is 29.3 Å². The second-order valence-electron chi connectivity index (χ2n) is 7.37. The van der Waals surface area contributed by atoms with E-state index < -0.39 is 0 Å². The minimum absolute atomic E-state index is 0.0866. The summed E-state index contributed by atoms with van der Waals surface area (Å²) in [6, 6.07) is 6.36. The summed E-state index contributed by atoms with van der Waals surface area (Å²) in [5, 5.41) is 0. The van der Waals surface area contributed by atoms with E-state index in [1.165, 1.54) is 11.1 Å². The molecule has 0 fully saturated rings. The molecule has 0 heterocycles. The lowest BCUT2D eigenvalue weighted by Gasteiger charge is -2.29. The Kier molecular flexibility index (Phi) is 11.6. The fraction of sp³-hybridized carbons (Fsp3) is 0.739. The molecule has 0 N–H and O–H groups in total. The van der Waals surface area contributed by atoms with Gasteiger partial charge in [0.2, 0.25) is 0 Å². The van der Waals surface area contributed by atoms with Crippen molar-refractivity contribution in [1.29, 1.82) is 0 Å². The van der Waals surface area contributed by atoms with E-state index >= 15 is 0 Å². The standard InChI is InChI=1S/C23H40O3/c1-7-10-14-24-21(9-3)23(25-15-11-8-2)17-20(6)26-22-16-18(4)12-13-19(22)5/h12-13,16,20-21,23H,7-11,14-15,17H2,1-6H3/t20-,21-,23-/m1/s1. The lowest BCUT2D eigenvalue weighted by Crippen LogP contribution is -2.36. The molecule has 150 valence electrons. The average molecular weight is 365 g/mol. The van der Waals surface area contributed by atoms with E-state index in [4.69, 9.17) is 14.2 Å². The fourth-order valence-electron chi connectivity index (χ4n) is 3.00. The minimum atomic E-state index is 0.0866. The molecule has 1 rings (SSSR count). The average Bonchev–Trinajstić information content (AvgIpc) is 2.61. The maximum atomic E-state index is 6.25. The summed E-state index contributed by atoms with van der Waals surface area (Å²) in [5.74, 6) is 0.977. The predicted molar refractivity (Wildman–Crippen MR) is 110 cm³/mol. The Balaban J connectivity index is 2.70. The Labute approximate surface area is 161 Å². The number of rotatable bonds is 14. The monoisotopic (exact) mass is 364 g/mol. The van der Waals surface area contributed by atoms with Crippen LogP contribution in [0.3, 0.4) is 0 Å². The van der Waals surface area contributed by atoms with Crippen LogP contribution < -0.4 is 4.74 Å². The third-order valence-electron chi connectivity index (χ3n) is 4.71. The van der Waals surface area contributed by atoms with Crippen LogP contribution in [0.1, 0.15) is 77.3 Å². The number of benzene rings is 1. The second kappa shape index (κ2) is 13.2. The van der Waals surface area contributed by atoms with Crippen LogP contribution in [0.25, 0.3) is 0 Å². The first kappa shape index (κ1) is 23.0. The Morgan fingerprint density at radius 2 is 1.50 bits per heavy atom. The first-order chi connectivity index (χ1) is 12.5. The van der Waals surface area contributed by atoms with E-state index in [1.807, 2.05) is 0 Å². The Bertz CT molecular complexity index is 486. The Morgan fingerprint density at radius 1 is 0.885 bits per heavy atom. The summed E-state index contributed by atoms with van der Waals surface area (Å²) in [6.07, 6.45) is 6.63. The summed E-state index contributed by atoms with van der Waals surface area (Å²) >= 11 is 0. The first-order valence-corrected chi connectivity index (χ1v) is 10.5. The lowest BCUT2D eigenvalue weighted by atomic mass is 10.0. The second-order valence-corrected chi connectivity index (χ2v) is 7.37. The van der Waals surface area contributed by atoms with Crippen molar-refractivity contribution < 1.29 is 14.2 Å². The molecular formula is C23H40O3. The normalized spacial score (nSPS) is 14.8. The Morgan fingerprint density at radius 3 is 2.08 bits per heavy atom. The third-order valence-corrected chi connectivity index (χ3v) is 4.71. The molecule has 3 atom stereocenters. The first-order valence-electron chi connectivity index (χ1n) is 10.5. The summed E-state index contributed by atoms with van der Waals surface area (Å²) in [4.78, 5) is 0. The van der Waals surface area contributed by atoms with Gasteiger partial charge in [-0.1, -0.05) is 45.7 Å². The summed E-state index contributed by atoms with van der Waals surface area (Å²) in [7, 11) is 0. The highest BCUT2D eigenvalue weighted by Gasteiger charge is 2.24. The molecule has 26 heavy (non-hydrogen) atoms. The number of ether oxygens (including phenoxy) is 3. The van der Waals surface area contributed by atoms with Crippen molar-refractivity contribution in [1.82, 2.24) is 0 Å². The van der Waals surface area contributed by atoms with Gasteiger partial charge in [-0.25, -0.2) is 0 Å². The highest BCUT2D eigenvalue weighted by Crippen LogP contribution is 2.23. The van der Waals surface area contributed by atoms with E-state index in [1.54, 1.807) is 0 Å². The Hall–Kier alpha value is -1.06. The smallest absolute Gasteiger partial charge is 0.122 e. The lowest BCUT2D eigenvalue weighted by molar-refractivity contribution is -0.0882. The molecule has 1 aromatic rings. The van der Waals surface area contributed by atoms with Gasteiger partial charge in [-0.05, 0) is 57.2 Å². The molecule has 0 amide bonds. The minimum Gasteiger partial charge on any atom is -0.490 e. The van der Waals surface area contributed by atoms with Gasteiger partial charge in [0.15, 0.2) is 0 Å². The van der Waals surface area contributed by atoms with Crippen molar-refractivity contribution in [2.75, 3.05) is 13.2 Å². The molecule has 0 aliphatic heterocycles. The SMILES string of the molecule is CCCCO[C@H](CC)[C@@H](C[C@@H](C)Oc1cc(C)ccc1C)OCCCC. The molecule has 0 spiro atoms. The number of hydrogen-bond acceptors (Lipinski definition) is 3. The van der Waals surface area contributed by atoms with Gasteiger partial charge in [0, 0.05) is 19.6 Å². The number of aryl methyl sites for hydroxylation is 2. The van der Waals surface area contributed by atoms with Crippen LogP contribution in [0.15, 0.2) is 18.2 Å². The molecule has 0 unspecified atom stereocenters. The number of unbranched alkanes of at least 4 members (excludes halogenated alkanes) is 2. The van der Waals surface area contributed by atoms with Crippen LogP contribution in [0, 0.1) is 13.8 Å².